The molecule has 1 aliphatic rings. The van der Waals surface area contributed by atoms with Crippen LogP contribution in [-0.4, -0.2) is 56.7 Å². The number of ether oxygens (including phenoxy) is 1. The smallest absolute Gasteiger partial charge is 0.256 e. The lowest BCUT2D eigenvalue weighted by atomic mass is 10.1. The van der Waals surface area contributed by atoms with Crippen LogP contribution in [-0.2, 0) is 29.0 Å². The molecule has 5 rings (SSSR count). The largest absolute Gasteiger partial charge is 0.375 e. The van der Waals surface area contributed by atoms with E-state index >= 15 is 0 Å². The predicted molar refractivity (Wildman–Crippen MR) is 123 cm³/mol. The Morgan fingerprint density at radius 1 is 1.24 bits per heavy atom. The molecule has 174 valence electrons. The zero-order valence-corrected chi connectivity index (χ0v) is 18.5. The fourth-order valence-corrected chi connectivity index (χ4v) is 4.24. The lowest BCUT2D eigenvalue weighted by Gasteiger charge is -2.27. The molecule has 9 nitrogen and oxygen atoms in total. The van der Waals surface area contributed by atoms with Gasteiger partial charge in [0.2, 0.25) is 5.91 Å². The predicted octanol–water partition coefficient (Wildman–Crippen LogP) is 2.73. The molecule has 10 heteroatoms. The van der Waals surface area contributed by atoms with Gasteiger partial charge >= 0.3 is 0 Å². The molecular weight excluding hydrogens is 439 g/mol. The summed E-state index contributed by atoms with van der Waals surface area (Å²) in [5, 5.41) is 9.83. The number of imidazole rings is 1. The molecule has 2 aromatic carbocycles. The minimum absolute atomic E-state index is 0.101. The molecule has 34 heavy (non-hydrogen) atoms. The van der Waals surface area contributed by atoms with Gasteiger partial charge in [-0.15, -0.1) is 0 Å². The summed E-state index contributed by atoms with van der Waals surface area (Å²) in [5.41, 5.74) is 5.01. The van der Waals surface area contributed by atoms with Crippen LogP contribution in [0.15, 0.2) is 48.9 Å². The zero-order valence-electron chi connectivity index (χ0n) is 18.5. The minimum Gasteiger partial charge on any atom is -0.375 e. The summed E-state index contributed by atoms with van der Waals surface area (Å²) in [5.74, 6) is -0.803. The first-order chi connectivity index (χ1) is 16.5. The molecule has 1 aliphatic heterocycles. The highest BCUT2D eigenvalue weighted by Gasteiger charge is 2.26. The molecule has 2 N–H and O–H groups in total. The van der Waals surface area contributed by atoms with Crippen molar-refractivity contribution in [1.82, 2.24) is 24.6 Å². The second-order valence-corrected chi connectivity index (χ2v) is 8.22. The molecule has 0 unspecified atom stereocenters. The zero-order chi connectivity index (χ0) is 23.7. The summed E-state index contributed by atoms with van der Waals surface area (Å²) >= 11 is 0. The summed E-state index contributed by atoms with van der Waals surface area (Å²) < 4.78 is 20.1. The quantitative estimate of drug-likeness (QED) is 0.459. The van der Waals surface area contributed by atoms with Crippen molar-refractivity contribution in [3.63, 3.8) is 0 Å². The Balaban J connectivity index is 1.54. The number of carbonyl (C=O) groups is 2. The number of nitrogens with zero attached hydrogens (tertiary/aromatic N) is 4. The van der Waals surface area contributed by atoms with Gasteiger partial charge in [0.1, 0.15) is 12.4 Å². The summed E-state index contributed by atoms with van der Waals surface area (Å²) in [6.45, 7) is 1.30. The van der Waals surface area contributed by atoms with Crippen LogP contribution in [0.5, 0.6) is 0 Å². The first-order valence-electron chi connectivity index (χ1n) is 10.8. The molecule has 0 saturated heterocycles. The number of carbonyl (C=O) groups excluding carboxylic acids is 2. The van der Waals surface area contributed by atoms with Gasteiger partial charge in [-0.1, -0.05) is 12.1 Å². The van der Waals surface area contributed by atoms with Gasteiger partial charge < -0.3 is 19.5 Å². The van der Waals surface area contributed by atoms with Gasteiger partial charge in [-0.05, 0) is 29.8 Å². The molecule has 0 atom stereocenters. The van der Waals surface area contributed by atoms with Gasteiger partial charge in [0.25, 0.3) is 5.91 Å². The average Bonchev–Trinajstić information content (AvgIpc) is 3.46. The van der Waals surface area contributed by atoms with Gasteiger partial charge in [0.05, 0.1) is 29.1 Å². The van der Waals surface area contributed by atoms with E-state index in [4.69, 9.17) is 4.74 Å². The number of rotatable bonds is 6. The Bertz CT molecular complexity index is 1360. The van der Waals surface area contributed by atoms with Crippen LogP contribution in [0.4, 0.5) is 10.1 Å². The van der Waals surface area contributed by atoms with Crippen molar-refractivity contribution in [2.24, 2.45) is 0 Å². The topological polar surface area (TPSA) is 105 Å². The van der Waals surface area contributed by atoms with Crippen molar-refractivity contribution in [1.29, 1.82) is 0 Å². The van der Waals surface area contributed by atoms with E-state index in [9.17, 15) is 14.0 Å². The summed E-state index contributed by atoms with van der Waals surface area (Å²) in [6.07, 6.45) is 4.07. The number of anilines is 1. The lowest BCUT2D eigenvalue weighted by molar-refractivity contribution is -0.119. The SMILES string of the molecule is COCC(=O)Nc1cc(C(=O)N2CCc3[nH]ncc3C2)c2c(c1)ncn2Cc1ccc(F)cc1. The molecule has 0 spiro atoms. The first kappa shape index (κ1) is 21.8. The molecule has 0 radical (unpaired) electrons. The van der Waals surface area contributed by atoms with Crippen LogP contribution >= 0.6 is 0 Å². The van der Waals surface area contributed by atoms with Crippen LogP contribution in [0.2, 0.25) is 0 Å². The van der Waals surface area contributed by atoms with E-state index < -0.39 is 0 Å². The molecular formula is C24H23FN6O3. The highest BCUT2D eigenvalue weighted by Crippen LogP contribution is 2.27. The fourth-order valence-electron chi connectivity index (χ4n) is 4.24. The number of nitrogens with one attached hydrogen (secondary N) is 2. The van der Waals surface area contributed by atoms with Gasteiger partial charge in [0.15, 0.2) is 0 Å². The van der Waals surface area contributed by atoms with Crippen molar-refractivity contribution in [3.8, 4) is 0 Å². The number of halogens is 1. The van der Waals surface area contributed by atoms with Crippen LogP contribution in [0, 0.1) is 5.82 Å². The first-order valence-corrected chi connectivity index (χ1v) is 10.8. The maximum atomic E-state index is 13.7. The third-order valence-corrected chi connectivity index (χ3v) is 5.86. The molecule has 2 amide bonds. The Kier molecular flexibility index (Phi) is 5.81. The van der Waals surface area contributed by atoms with Crippen molar-refractivity contribution >= 4 is 28.5 Å². The number of aromatic amines is 1. The van der Waals surface area contributed by atoms with Crippen LogP contribution in [0.3, 0.4) is 0 Å². The number of hydrogen-bond donors (Lipinski definition) is 2. The van der Waals surface area contributed by atoms with Gasteiger partial charge in [-0.3, -0.25) is 14.7 Å². The third-order valence-electron chi connectivity index (χ3n) is 5.86. The van der Waals surface area contributed by atoms with Crippen molar-refractivity contribution in [2.75, 3.05) is 25.6 Å². The highest BCUT2D eigenvalue weighted by atomic mass is 19.1. The molecule has 3 heterocycles. The number of methoxy groups -OCH3 is 1. The van der Waals surface area contributed by atoms with E-state index in [0.29, 0.717) is 48.3 Å². The molecule has 0 aliphatic carbocycles. The number of benzene rings is 2. The van der Waals surface area contributed by atoms with E-state index in [-0.39, 0.29) is 24.2 Å². The maximum absolute atomic E-state index is 13.7. The number of H-pyrrole nitrogens is 1. The molecule has 4 aromatic rings. The molecule has 0 bridgehead atoms. The second-order valence-electron chi connectivity index (χ2n) is 8.22. The fraction of sp³-hybridized carbons (Fsp3) is 0.250. The number of hydrogen-bond acceptors (Lipinski definition) is 5. The van der Waals surface area contributed by atoms with Gasteiger partial charge in [-0.25, -0.2) is 9.37 Å². The Morgan fingerprint density at radius 3 is 2.85 bits per heavy atom. The second kappa shape index (κ2) is 9.06. The summed E-state index contributed by atoms with van der Waals surface area (Å²) in [7, 11) is 1.44. The number of fused-ring (bicyclic) bond motifs is 2. The van der Waals surface area contributed by atoms with Gasteiger partial charge in [-0.2, -0.15) is 5.10 Å². The highest BCUT2D eigenvalue weighted by molar-refractivity contribution is 6.07. The normalized spacial score (nSPS) is 13.2. The number of amides is 2. The van der Waals surface area contributed by atoms with E-state index in [0.717, 1.165) is 16.8 Å². The van der Waals surface area contributed by atoms with Crippen molar-refractivity contribution in [3.05, 3.63) is 77.1 Å². The minimum atomic E-state index is -0.327. The number of aromatic nitrogens is 4. The Labute approximate surface area is 194 Å². The molecule has 0 saturated carbocycles. The van der Waals surface area contributed by atoms with Crippen molar-refractivity contribution in [2.45, 2.75) is 19.5 Å². The maximum Gasteiger partial charge on any atom is 0.256 e. The van der Waals surface area contributed by atoms with E-state index in [1.807, 2.05) is 4.57 Å². The summed E-state index contributed by atoms with van der Waals surface area (Å²) in [4.78, 5) is 32.1. The monoisotopic (exact) mass is 462 g/mol. The Hall–Kier alpha value is -4.05. The van der Waals surface area contributed by atoms with Crippen LogP contribution in [0.25, 0.3) is 11.0 Å². The van der Waals surface area contributed by atoms with Gasteiger partial charge in [0, 0.05) is 50.1 Å². The summed E-state index contributed by atoms with van der Waals surface area (Å²) in [6, 6.07) is 9.61. The Morgan fingerprint density at radius 2 is 2.06 bits per heavy atom. The van der Waals surface area contributed by atoms with E-state index in [1.54, 1.807) is 41.7 Å². The molecule has 0 fully saturated rings. The third kappa shape index (κ3) is 4.27. The lowest BCUT2D eigenvalue weighted by Crippen LogP contribution is -2.36. The van der Waals surface area contributed by atoms with Crippen LogP contribution < -0.4 is 5.32 Å². The molecule has 2 aromatic heterocycles. The standard InChI is InChI=1S/C24H23FN6O3/c1-34-13-22(32)28-18-8-19(24(33)30-7-6-20-16(12-30)10-27-29-20)23-21(9-18)26-14-31(23)11-15-2-4-17(25)5-3-15/h2-5,8-10,14H,6-7,11-13H2,1H3,(H,27,29)(H,28,32). The van der Waals surface area contributed by atoms with E-state index in [1.165, 1.54) is 19.2 Å². The average molecular weight is 462 g/mol. The van der Waals surface area contributed by atoms with Crippen molar-refractivity contribution < 1.29 is 18.7 Å². The van der Waals surface area contributed by atoms with E-state index in [2.05, 4.69) is 20.5 Å². The van der Waals surface area contributed by atoms with Crippen LogP contribution in [0.1, 0.15) is 27.2 Å².